The number of allylic oxidation sites excluding steroid dienone is 1. The van der Waals surface area contributed by atoms with Crippen LogP contribution in [-0.4, -0.2) is 70.3 Å². The Bertz CT molecular complexity index is 1650. The van der Waals surface area contributed by atoms with E-state index < -0.39 is 23.0 Å². The highest BCUT2D eigenvalue weighted by molar-refractivity contribution is 7.80. The summed E-state index contributed by atoms with van der Waals surface area (Å²) in [5, 5.41) is 29.1. The third kappa shape index (κ3) is 8.62. The Morgan fingerprint density at radius 1 is 1.15 bits per heavy atom. The molecule has 2 atom stereocenters. The van der Waals surface area contributed by atoms with Gasteiger partial charge in [0.25, 0.3) is 5.69 Å². The summed E-state index contributed by atoms with van der Waals surface area (Å²) in [5.74, 6) is 0.615. The molecule has 0 saturated carbocycles. The number of hydrogen-bond donors (Lipinski definition) is 3. The summed E-state index contributed by atoms with van der Waals surface area (Å²) in [6, 6.07) is 19.6. The molecule has 1 aliphatic heterocycles. The van der Waals surface area contributed by atoms with Crippen LogP contribution in [0.2, 0.25) is 0 Å². The number of para-hydroxylation sites is 1. The number of aliphatic hydroxyl groups excluding tert-OH is 1. The summed E-state index contributed by atoms with van der Waals surface area (Å²) in [5.41, 5.74) is 2.25. The Labute approximate surface area is 276 Å². The van der Waals surface area contributed by atoms with Crippen LogP contribution in [0, 0.1) is 10.1 Å². The molecule has 3 aromatic carbocycles. The molecule has 0 fully saturated rings. The van der Waals surface area contributed by atoms with E-state index in [0.29, 0.717) is 16.6 Å². The number of carbonyl (C=O) groups is 1. The number of hydrogen-bond acceptors (Lipinski definition) is 9. The van der Waals surface area contributed by atoms with Gasteiger partial charge in [-0.2, -0.15) is 0 Å². The number of aliphatic hydroxyl groups is 1. The Morgan fingerprint density at radius 3 is 2.48 bits per heavy atom. The molecule has 0 spiro atoms. The van der Waals surface area contributed by atoms with E-state index in [0.717, 1.165) is 17.0 Å². The molecular weight excluding hydrogens is 631 g/mol. The average molecular weight is 664 g/mol. The van der Waals surface area contributed by atoms with Gasteiger partial charge in [0, 0.05) is 23.7 Å². The van der Waals surface area contributed by atoms with Crippen molar-refractivity contribution in [3.8, 4) is 11.5 Å². The summed E-state index contributed by atoms with van der Waals surface area (Å²) in [6.45, 7) is 3.36. The summed E-state index contributed by atoms with van der Waals surface area (Å²) in [7, 11) is 1.60. The lowest BCUT2D eigenvalue weighted by Gasteiger charge is -2.38. The maximum Gasteiger partial charge on any atom is 0.338 e. The van der Waals surface area contributed by atoms with Crippen molar-refractivity contribution < 1.29 is 29.0 Å². The zero-order chi connectivity index (χ0) is 33.2. The normalized spacial score (nSPS) is 15.3. The van der Waals surface area contributed by atoms with E-state index in [4.69, 9.17) is 38.6 Å². The Hall–Kier alpha value is -4.92. The van der Waals surface area contributed by atoms with Crippen LogP contribution < -0.4 is 20.1 Å². The lowest BCUT2D eigenvalue weighted by Crippen LogP contribution is -2.50. The van der Waals surface area contributed by atoms with Crippen LogP contribution in [0.3, 0.4) is 0 Å². The minimum absolute atomic E-state index is 0.00639. The predicted molar refractivity (Wildman–Crippen MR) is 182 cm³/mol. The number of rotatable bonds is 12. The lowest BCUT2D eigenvalue weighted by atomic mass is 9.93. The van der Waals surface area contributed by atoms with Crippen LogP contribution in [0.5, 0.6) is 11.5 Å². The highest BCUT2D eigenvalue weighted by Gasteiger charge is 2.38. The first-order valence-electron chi connectivity index (χ1n) is 14.2. The number of benzene rings is 3. The first-order chi connectivity index (χ1) is 22.1. The monoisotopic (exact) mass is 663 g/mol. The molecule has 2 unspecified atom stereocenters. The number of nitro benzene ring substituents is 1. The number of methoxy groups -OCH3 is 1. The van der Waals surface area contributed by atoms with Gasteiger partial charge in [-0.3, -0.25) is 10.1 Å². The van der Waals surface area contributed by atoms with Gasteiger partial charge in [-0.05, 0) is 98.4 Å². The highest BCUT2D eigenvalue weighted by atomic mass is 32.1. The van der Waals surface area contributed by atoms with Gasteiger partial charge in [0.15, 0.2) is 10.2 Å². The molecule has 0 radical (unpaired) electrons. The number of nitro groups is 1. The number of aliphatic imine (C=N–C) groups is 1. The van der Waals surface area contributed by atoms with E-state index in [9.17, 15) is 20.0 Å². The van der Waals surface area contributed by atoms with Crippen molar-refractivity contribution in [3.05, 3.63) is 105 Å². The van der Waals surface area contributed by atoms with Crippen LogP contribution in [-0.2, 0) is 9.53 Å². The second kappa shape index (κ2) is 15.9. The van der Waals surface area contributed by atoms with Crippen molar-refractivity contribution in [1.82, 2.24) is 10.2 Å². The molecule has 0 aromatic heterocycles. The Balaban J connectivity index is 1.38. The van der Waals surface area contributed by atoms with E-state index in [1.165, 1.54) is 6.07 Å². The van der Waals surface area contributed by atoms with Gasteiger partial charge in [-0.1, -0.05) is 12.1 Å². The SMILES string of the molecule is CCOC(=O)C1=C(C)N(CC(O)COc2ccc(C=NC(=S)Nc3ccc(OC)cc3)cc2)C(=S)NC1c1ccccc1[N+](=O)[O-]. The molecule has 4 rings (SSSR count). The van der Waals surface area contributed by atoms with Gasteiger partial charge in [0.1, 0.15) is 24.2 Å². The molecule has 14 heteroatoms. The molecule has 0 saturated heterocycles. The molecule has 46 heavy (non-hydrogen) atoms. The third-order valence-electron chi connectivity index (χ3n) is 6.92. The van der Waals surface area contributed by atoms with Crippen LogP contribution in [0.15, 0.2) is 89.1 Å². The van der Waals surface area contributed by atoms with E-state index in [1.54, 1.807) is 74.5 Å². The number of nitrogens with one attached hydrogen (secondary N) is 2. The number of carbonyl (C=O) groups excluding carboxylic acids is 1. The van der Waals surface area contributed by atoms with Gasteiger partial charge in [-0.25, -0.2) is 9.79 Å². The second-order valence-electron chi connectivity index (χ2n) is 9.98. The first kappa shape index (κ1) is 34.0. The summed E-state index contributed by atoms with van der Waals surface area (Å²) in [6.07, 6.45) is 0.610. The van der Waals surface area contributed by atoms with Crippen molar-refractivity contribution in [1.29, 1.82) is 0 Å². The smallest absolute Gasteiger partial charge is 0.338 e. The number of esters is 1. The Kier molecular flexibility index (Phi) is 11.7. The van der Waals surface area contributed by atoms with Crippen molar-refractivity contribution in [2.75, 3.05) is 32.2 Å². The van der Waals surface area contributed by atoms with E-state index in [2.05, 4.69) is 15.6 Å². The van der Waals surface area contributed by atoms with Gasteiger partial charge in [0.2, 0.25) is 0 Å². The summed E-state index contributed by atoms with van der Waals surface area (Å²) in [4.78, 5) is 30.1. The summed E-state index contributed by atoms with van der Waals surface area (Å²) >= 11 is 10.9. The molecule has 3 aromatic rings. The number of anilines is 1. The largest absolute Gasteiger partial charge is 0.497 e. The van der Waals surface area contributed by atoms with Crippen LogP contribution in [0.25, 0.3) is 0 Å². The minimum Gasteiger partial charge on any atom is -0.497 e. The zero-order valence-electron chi connectivity index (χ0n) is 25.3. The van der Waals surface area contributed by atoms with Crippen LogP contribution >= 0.6 is 24.4 Å². The molecule has 0 bridgehead atoms. The molecule has 12 nitrogen and oxygen atoms in total. The van der Waals surface area contributed by atoms with Gasteiger partial charge in [-0.15, -0.1) is 0 Å². The van der Waals surface area contributed by atoms with Gasteiger partial charge >= 0.3 is 5.97 Å². The molecule has 240 valence electrons. The fourth-order valence-electron chi connectivity index (χ4n) is 4.67. The fraction of sp³-hybridized carbons (Fsp3) is 0.250. The van der Waals surface area contributed by atoms with Crippen molar-refractivity contribution in [2.24, 2.45) is 4.99 Å². The predicted octanol–water partition coefficient (Wildman–Crippen LogP) is 4.93. The fourth-order valence-corrected chi connectivity index (χ4v) is 5.17. The quantitative estimate of drug-likeness (QED) is 0.0794. The molecule has 0 amide bonds. The van der Waals surface area contributed by atoms with Crippen LogP contribution in [0.4, 0.5) is 11.4 Å². The second-order valence-corrected chi connectivity index (χ2v) is 10.8. The number of ether oxygens (including phenoxy) is 3. The maximum absolute atomic E-state index is 13.1. The third-order valence-corrected chi connectivity index (χ3v) is 7.47. The zero-order valence-corrected chi connectivity index (χ0v) is 27.0. The van der Waals surface area contributed by atoms with E-state index >= 15 is 0 Å². The van der Waals surface area contributed by atoms with E-state index in [1.807, 2.05) is 24.3 Å². The first-order valence-corrected chi connectivity index (χ1v) is 15.0. The molecule has 3 N–H and O–H groups in total. The highest BCUT2D eigenvalue weighted by Crippen LogP contribution is 2.36. The molecule has 0 aliphatic carbocycles. The molecular formula is C32H33N5O7S2. The summed E-state index contributed by atoms with van der Waals surface area (Å²) < 4.78 is 16.2. The van der Waals surface area contributed by atoms with Gasteiger partial charge < -0.3 is 34.9 Å². The van der Waals surface area contributed by atoms with E-state index in [-0.39, 0.29) is 41.7 Å². The minimum atomic E-state index is -1.01. The number of thiocarbonyl (C=S) groups is 2. The maximum atomic E-state index is 13.1. The average Bonchev–Trinajstić information content (AvgIpc) is 3.05. The van der Waals surface area contributed by atoms with Crippen molar-refractivity contribution in [3.63, 3.8) is 0 Å². The molecule has 1 heterocycles. The van der Waals surface area contributed by atoms with Crippen molar-refractivity contribution in [2.45, 2.75) is 26.0 Å². The van der Waals surface area contributed by atoms with Crippen molar-refractivity contribution >= 4 is 58.2 Å². The number of nitrogens with zero attached hydrogens (tertiary/aromatic N) is 3. The lowest BCUT2D eigenvalue weighted by molar-refractivity contribution is -0.385. The number of β-amino-alcohol motifs (C(OH)–C–C–N with tert-alkyl or cyclic N) is 1. The Morgan fingerprint density at radius 2 is 1.83 bits per heavy atom. The topological polar surface area (TPSA) is 148 Å². The van der Waals surface area contributed by atoms with Crippen LogP contribution in [0.1, 0.15) is 31.0 Å². The molecule has 1 aliphatic rings. The standard InChI is InChI=1S/C32H33N5O7S2/c1-4-43-30(39)28-20(2)36(32(46)35-29(28)26-7-5-6-8-27(26)37(40)41)18-23(38)19-44-25-13-9-21(10-14-25)17-33-31(45)34-22-11-15-24(42-3)16-12-22/h5-17,23,29,38H,4,18-19H2,1-3H3,(H,34,45)(H,35,46). The van der Waals surface area contributed by atoms with Gasteiger partial charge in [0.05, 0.1) is 42.4 Å².